The lowest BCUT2D eigenvalue weighted by Gasteiger charge is -2.15. The maximum absolute atomic E-state index is 10.7. The molecule has 0 aromatic rings. The van der Waals surface area contributed by atoms with E-state index in [1.165, 1.54) is 0 Å². The summed E-state index contributed by atoms with van der Waals surface area (Å²) in [6.07, 6.45) is 1.21. The van der Waals surface area contributed by atoms with Gasteiger partial charge in [-0.15, -0.1) is 0 Å². The van der Waals surface area contributed by atoms with Crippen LogP contribution in [0.3, 0.4) is 0 Å². The van der Waals surface area contributed by atoms with Crippen LogP contribution in [-0.2, 0) is 14.1 Å². The Morgan fingerprint density at radius 2 is 2.23 bits per heavy atom. The molecule has 0 aromatic heterocycles. The highest BCUT2D eigenvalue weighted by Crippen LogP contribution is 2.42. The molecule has 0 bridgehead atoms. The van der Waals surface area contributed by atoms with E-state index in [0.29, 0.717) is 0 Å². The highest BCUT2D eigenvalue weighted by molar-refractivity contribution is 7.52. The first kappa shape index (κ1) is 12.4. The second-order valence-electron chi connectivity index (χ2n) is 2.49. The molecule has 0 amide bonds. The first-order valence-electron chi connectivity index (χ1n) is 3.76. The molecule has 5 nitrogen and oxygen atoms in total. The van der Waals surface area contributed by atoms with E-state index >= 15 is 0 Å². The first-order valence-corrected chi connectivity index (χ1v) is 5.44. The Morgan fingerprint density at radius 1 is 1.69 bits per heavy atom. The van der Waals surface area contributed by atoms with Gasteiger partial charge in [-0.2, -0.15) is 0 Å². The second kappa shape index (κ2) is 5.17. The van der Waals surface area contributed by atoms with Crippen molar-refractivity contribution >= 4 is 13.6 Å². The molecule has 0 heterocycles. The Bertz CT molecular complexity index is 231. The molecule has 0 aliphatic carbocycles. The van der Waals surface area contributed by atoms with E-state index in [1.807, 2.05) is 0 Å². The van der Waals surface area contributed by atoms with E-state index in [9.17, 15) is 9.36 Å². The largest absolute Gasteiger partial charge is 0.462 e. The Labute approximate surface area is 76.6 Å². The molecular formula is C7H13O5P. The van der Waals surface area contributed by atoms with Gasteiger partial charge in [0.05, 0.1) is 5.66 Å². The van der Waals surface area contributed by atoms with Gasteiger partial charge in [-0.1, -0.05) is 13.5 Å². The van der Waals surface area contributed by atoms with Gasteiger partial charge in [0.1, 0.15) is 6.61 Å². The SMILES string of the molecule is C=CC(=O)OCC(CC)P(=O)(O)O. The maximum Gasteiger partial charge on any atom is 0.332 e. The second-order valence-corrected chi connectivity index (χ2v) is 4.39. The predicted molar refractivity (Wildman–Crippen MR) is 47.3 cm³/mol. The Balaban J connectivity index is 4.08. The van der Waals surface area contributed by atoms with Gasteiger partial charge < -0.3 is 14.5 Å². The highest BCUT2D eigenvalue weighted by atomic mass is 31.2. The summed E-state index contributed by atoms with van der Waals surface area (Å²) in [4.78, 5) is 28.1. The molecule has 6 heteroatoms. The number of esters is 1. The normalized spacial score (nSPS) is 13.5. The van der Waals surface area contributed by atoms with Crippen molar-refractivity contribution in [3.63, 3.8) is 0 Å². The molecule has 1 unspecified atom stereocenters. The zero-order chi connectivity index (χ0) is 10.5. The van der Waals surface area contributed by atoms with E-state index in [2.05, 4.69) is 11.3 Å². The van der Waals surface area contributed by atoms with E-state index < -0.39 is 19.2 Å². The van der Waals surface area contributed by atoms with Crippen LogP contribution in [0.25, 0.3) is 0 Å². The van der Waals surface area contributed by atoms with Gasteiger partial charge in [-0.3, -0.25) is 4.57 Å². The molecule has 0 aliphatic heterocycles. The van der Waals surface area contributed by atoms with Crippen LogP contribution in [0.4, 0.5) is 0 Å². The Morgan fingerprint density at radius 3 is 2.54 bits per heavy atom. The molecule has 0 saturated heterocycles. The van der Waals surface area contributed by atoms with Crippen LogP contribution in [0.15, 0.2) is 12.7 Å². The smallest absolute Gasteiger partial charge is 0.332 e. The minimum absolute atomic E-state index is 0.259. The summed E-state index contributed by atoms with van der Waals surface area (Å²) in [6, 6.07) is 0. The molecule has 0 saturated carbocycles. The molecule has 76 valence electrons. The quantitative estimate of drug-likeness (QED) is 0.394. The predicted octanol–water partition coefficient (Wildman–Crippen LogP) is 0.672. The monoisotopic (exact) mass is 208 g/mol. The summed E-state index contributed by atoms with van der Waals surface area (Å²) in [7, 11) is -4.15. The molecule has 0 rings (SSSR count). The minimum atomic E-state index is -4.15. The van der Waals surface area contributed by atoms with Crippen LogP contribution in [0.1, 0.15) is 13.3 Å². The van der Waals surface area contributed by atoms with Crippen LogP contribution in [0.5, 0.6) is 0 Å². The Kier molecular flexibility index (Phi) is 4.91. The maximum atomic E-state index is 10.7. The average Bonchev–Trinajstić information content (AvgIpc) is 2.02. The van der Waals surface area contributed by atoms with Gasteiger partial charge >= 0.3 is 13.6 Å². The summed E-state index contributed by atoms with van der Waals surface area (Å²) in [5, 5.41) is 0. The van der Waals surface area contributed by atoms with Crippen molar-refractivity contribution in [1.82, 2.24) is 0 Å². The Hall–Kier alpha value is -0.640. The fourth-order valence-corrected chi connectivity index (χ4v) is 1.43. The van der Waals surface area contributed by atoms with E-state index in [-0.39, 0.29) is 13.0 Å². The lowest BCUT2D eigenvalue weighted by atomic mass is 10.3. The molecule has 0 fully saturated rings. The van der Waals surface area contributed by atoms with Crippen LogP contribution in [-0.4, -0.2) is 28.0 Å². The van der Waals surface area contributed by atoms with Crippen molar-refractivity contribution < 1.29 is 23.9 Å². The number of hydrogen-bond acceptors (Lipinski definition) is 3. The number of carbonyl (C=O) groups is 1. The topological polar surface area (TPSA) is 83.8 Å². The average molecular weight is 208 g/mol. The fourth-order valence-electron chi connectivity index (χ4n) is 0.690. The molecule has 1 atom stereocenters. The zero-order valence-electron chi connectivity index (χ0n) is 7.34. The van der Waals surface area contributed by atoms with Crippen LogP contribution >= 0.6 is 7.60 Å². The molecule has 13 heavy (non-hydrogen) atoms. The van der Waals surface area contributed by atoms with Gasteiger partial charge in [0, 0.05) is 6.08 Å². The number of rotatable bonds is 5. The third-order valence-electron chi connectivity index (χ3n) is 1.53. The highest BCUT2D eigenvalue weighted by Gasteiger charge is 2.27. The first-order chi connectivity index (χ1) is 5.91. The zero-order valence-corrected chi connectivity index (χ0v) is 8.24. The number of ether oxygens (including phenoxy) is 1. The van der Waals surface area contributed by atoms with E-state index in [1.54, 1.807) is 6.92 Å². The van der Waals surface area contributed by atoms with Gasteiger partial charge in [-0.05, 0) is 6.42 Å². The minimum Gasteiger partial charge on any atom is -0.462 e. The van der Waals surface area contributed by atoms with Crippen molar-refractivity contribution in [2.75, 3.05) is 6.61 Å². The molecular weight excluding hydrogens is 195 g/mol. The number of hydrogen-bond donors (Lipinski definition) is 2. The molecule has 0 spiro atoms. The van der Waals surface area contributed by atoms with E-state index in [0.717, 1.165) is 6.08 Å². The summed E-state index contributed by atoms with van der Waals surface area (Å²) in [5.74, 6) is -0.674. The lowest BCUT2D eigenvalue weighted by molar-refractivity contribution is -0.137. The molecule has 0 aromatic carbocycles. The van der Waals surface area contributed by atoms with Gasteiger partial charge in [0.2, 0.25) is 0 Å². The summed E-state index contributed by atoms with van der Waals surface area (Å²) in [5.41, 5.74) is -0.920. The standard InChI is InChI=1S/C7H13O5P/c1-3-6(13(9,10)11)5-12-7(8)4-2/h4,6H,2-3,5H2,1H3,(H2,9,10,11). The van der Waals surface area contributed by atoms with Crippen molar-refractivity contribution in [3.8, 4) is 0 Å². The van der Waals surface area contributed by atoms with Crippen molar-refractivity contribution in [1.29, 1.82) is 0 Å². The van der Waals surface area contributed by atoms with Gasteiger partial charge in [0.15, 0.2) is 0 Å². The van der Waals surface area contributed by atoms with Crippen LogP contribution < -0.4 is 0 Å². The van der Waals surface area contributed by atoms with Gasteiger partial charge in [0.25, 0.3) is 0 Å². The fraction of sp³-hybridized carbons (Fsp3) is 0.571. The summed E-state index contributed by atoms with van der Waals surface area (Å²) in [6.45, 7) is 4.50. The molecule has 2 N–H and O–H groups in total. The lowest BCUT2D eigenvalue weighted by Crippen LogP contribution is -2.17. The third-order valence-corrected chi connectivity index (χ3v) is 3.00. The van der Waals surface area contributed by atoms with Crippen LogP contribution in [0, 0.1) is 0 Å². The third kappa shape index (κ3) is 4.83. The van der Waals surface area contributed by atoms with Crippen molar-refractivity contribution in [3.05, 3.63) is 12.7 Å². The number of carbonyl (C=O) groups excluding carboxylic acids is 1. The van der Waals surface area contributed by atoms with E-state index in [4.69, 9.17) is 9.79 Å². The van der Waals surface area contributed by atoms with Gasteiger partial charge in [-0.25, -0.2) is 4.79 Å². The molecule has 0 aliphatic rings. The molecule has 0 radical (unpaired) electrons. The summed E-state index contributed by atoms with van der Waals surface area (Å²) < 4.78 is 15.3. The summed E-state index contributed by atoms with van der Waals surface area (Å²) >= 11 is 0. The van der Waals surface area contributed by atoms with Crippen molar-refractivity contribution in [2.24, 2.45) is 0 Å². The van der Waals surface area contributed by atoms with Crippen LogP contribution in [0.2, 0.25) is 0 Å². The van der Waals surface area contributed by atoms with Crippen molar-refractivity contribution in [2.45, 2.75) is 19.0 Å².